The summed E-state index contributed by atoms with van der Waals surface area (Å²) in [7, 11) is 1.51. The molecule has 2 N–H and O–H groups in total. The van der Waals surface area contributed by atoms with Crippen molar-refractivity contribution in [1.82, 2.24) is 5.32 Å². The fraction of sp³-hybridized carbons (Fsp3) is 0.533. The molecule has 22 heavy (non-hydrogen) atoms. The van der Waals surface area contributed by atoms with Crippen molar-refractivity contribution in [3.8, 4) is 5.75 Å². The number of ether oxygens (including phenoxy) is 2. The Morgan fingerprint density at radius 2 is 2.05 bits per heavy atom. The Hall–Kier alpha value is -1.73. The van der Waals surface area contributed by atoms with Crippen LogP contribution in [0.1, 0.15) is 18.4 Å². The second-order valence-corrected chi connectivity index (χ2v) is 5.26. The van der Waals surface area contributed by atoms with Crippen molar-refractivity contribution >= 4 is 11.6 Å². The molecular weight excluding hydrogens is 294 g/mol. The van der Waals surface area contributed by atoms with E-state index in [1.165, 1.54) is 13.2 Å². The number of carbonyl (C=O) groups excluding carboxylic acids is 1. The minimum atomic E-state index is -2.90. The lowest BCUT2D eigenvalue weighted by Crippen LogP contribution is -2.51. The van der Waals surface area contributed by atoms with Crippen LogP contribution in [0.3, 0.4) is 0 Å². The van der Waals surface area contributed by atoms with Gasteiger partial charge in [-0.1, -0.05) is 6.07 Å². The second-order valence-electron chi connectivity index (χ2n) is 5.26. The topological polar surface area (TPSA) is 59.6 Å². The van der Waals surface area contributed by atoms with Crippen molar-refractivity contribution in [2.24, 2.45) is 0 Å². The largest absolute Gasteiger partial charge is 0.434 e. The first-order valence-corrected chi connectivity index (χ1v) is 7.10. The maximum Gasteiger partial charge on any atom is 0.387 e. The van der Waals surface area contributed by atoms with E-state index in [1.807, 2.05) is 0 Å². The molecule has 0 saturated carbocycles. The van der Waals surface area contributed by atoms with Crippen molar-refractivity contribution in [3.63, 3.8) is 0 Å². The molecule has 1 aliphatic heterocycles. The molecule has 122 valence electrons. The summed E-state index contributed by atoms with van der Waals surface area (Å²) in [6, 6.07) is 4.66. The summed E-state index contributed by atoms with van der Waals surface area (Å²) in [6.45, 7) is 0.135. The molecule has 0 bridgehead atoms. The van der Waals surface area contributed by atoms with E-state index < -0.39 is 12.2 Å². The molecule has 5 nitrogen and oxygen atoms in total. The summed E-state index contributed by atoms with van der Waals surface area (Å²) in [5, 5.41) is 5.90. The molecule has 0 unspecified atom stereocenters. The predicted molar refractivity (Wildman–Crippen MR) is 78.3 cm³/mol. The summed E-state index contributed by atoms with van der Waals surface area (Å²) < 4.78 is 34.6. The van der Waals surface area contributed by atoms with Gasteiger partial charge >= 0.3 is 6.61 Å². The zero-order chi connectivity index (χ0) is 16.2. The SMILES string of the molecule is COC1(C(=O)Nc2ccc(C)c(OC(F)F)c2)CCNCC1. The van der Waals surface area contributed by atoms with E-state index in [2.05, 4.69) is 15.4 Å². The van der Waals surface area contributed by atoms with E-state index in [4.69, 9.17) is 4.74 Å². The van der Waals surface area contributed by atoms with Crippen LogP contribution in [-0.2, 0) is 9.53 Å². The summed E-state index contributed by atoms with van der Waals surface area (Å²) in [5.74, 6) is -0.229. The number of aryl methyl sites for hydroxylation is 1. The van der Waals surface area contributed by atoms with E-state index in [0.29, 0.717) is 37.2 Å². The van der Waals surface area contributed by atoms with Crippen LogP contribution in [0.2, 0.25) is 0 Å². The van der Waals surface area contributed by atoms with E-state index in [1.54, 1.807) is 19.1 Å². The summed E-state index contributed by atoms with van der Waals surface area (Å²) in [6.07, 6.45) is 1.11. The number of hydrogen-bond donors (Lipinski definition) is 2. The number of rotatable bonds is 5. The van der Waals surface area contributed by atoms with Gasteiger partial charge < -0.3 is 20.1 Å². The van der Waals surface area contributed by atoms with Gasteiger partial charge in [-0.15, -0.1) is 0 Å². The first-order valence-electron chi connectivity index (χ1n) is 7.10. The molecule has 1 amide bonds. The van der Waals surface area contributed by atoms with E-state index in [9.17, 15) is 13.6 Å². The molecule has 0 spiro atoms. The average Bonchev–Trinajstić information content (AvgIpc) is 2.50. The molecule has 0 radical (unpaired) electrons. The number of benzene rings is 1. The number of halogens is 2. The molecule has 0 atom stereocenters. The first-order chi connectivity index (χ1) is 10.5. The molecule has 1 saturated heterocycles. The van der Waals surface area contributed by atoms with Gasteiger partial charge in [0, 0.05) is 18.9 Å². The van der Waals surface area contributed by atoms with Gasteiger partial charge in [0.2, 0.25) is 0 Å². The molecule has 2 rings (SSSR count). The third-order valence-electron chi connectivity index (χ3n) is 3.88. The van der Waals surface area contributed by atoms with Crippen molar-refractivity contribution in [1.29, 1.82) is 0 Å². The Bertz CT molecular complexity index is 532. The first kappa shape index (κ1) is 16.6. The Morgan fingerprint density at radius 1 is 1.36 bits per heavy atom. The molecule has 1 aliphatic rings. The Labute approximate surface area is 128 Å². The third kappa shape index (κ3) is 3.72. The van der Waals surface area contributed by atoms with Gasteiger partial charge in [-0.2, -0.15) is 8.78 Å². The monoisotopic (exact) mass is 314 g/mol. The lowest BCUT2D eigenvalue weighted by molar-refractivity contribution is -0.140. The van der Waals surface area contributed by atoms with Crippen LogP contribution in [-0.4, -0.2) is 38.3 Å². The van der Waals surface area contributed by atoms with Crippen molar-refractivity contribution < 1.29 is 23.0 Å². The lowest BCUT2D eigenvalue weighted by Gasteiger charge is -2.34. The molecule has 7 heteroatoms. The highest BCUT2D eigenvalue weighted by molar-refractivity contribution is 5.97. The molecule has 1 fully saturated rings. The third-order valence-corrected chi connectivity index (χ3v) is 3.88. The molecule has 0 aliphatic carbocycles. The van der Waals surface area contributed by atoms with Crippen molar-refractivity contribution in [3.05, 3.63) is 23.8 Å². The highest BCUT2D eigenvalue weighted by Gasteiger charge is 2.39. The zero-order valence-electron chi connectivity index (χ0n) is 12.6. The maximum absolute atomic E-state index is 12.5. The Morgan fingerprint density at radius 3 is 2.64 bits per heavy atom. The Balaban J connectivity index is 2.13. The fourth-order valence-corrected chi connectivity index (χ4v) is 2.50. The number of anilines is 1. The minimum absolute atomic E-state index is 0.0459. The van der Waals surface area contributed by atoms with Crippen LogP contribution in [0, 0.1) is 6.92 Å². The molecule has 0 aromatic heterocycles. The van der Waals surface area contributed by atoms with Gasteiger partial charge in [0.1, 0.15) is 11.4 Å². The van der Waals surface area contributed by atoms with Gasteiger partial charge in [-0.3, -0.25) is 4.79 Å². The predicted octanol–water partition coefficient (Wildman–Crippen LogP) is 2.30. The molecular formula is C15H20F2N2O3. The standard InChI is InChI=1S/C15H20F2N2O3/c1-10-3-4-11(9-12(10)22-14(16)17)19-13(20)15(21-2)5-7-18-8-6-15/h3-4,9,14,18H,5-8H2,1-2H3,(H,19,20). The maximum atomic E-state index is 12.5. The van der Waals surface area contributed by atoms with Gasteiger partial charge in [-0.25, -0.2) is 0 Å². The smallest absolute Gasteiger partial charge is 0.387 e. The number of hydrogen-bond acceptors (Lipinski definition) is 4. The lowest BCUT2D eigenvalue weighted by atomic mass is 9.91. The number of piperidine rings is 1. The van der Waals surface area contributed by atoms with E-state index in [0.717, 1.165) is 0 Å². The van der Waals surface area contributed by atoms with Gasteiger partial charge in [0.25, 0.3) is 5.91 Å². The summed E-state index contributed by atoms with van der Waals surface area (Å²) in [5.41, 5.74) is 0.0858. The van der Waals surface area contributed by atoms with Gasteiger partial charge in [0.05, 0.1) is 0 Å². The number of amides is 1. The second kappa shape index (κ2) is 7.02. The van der Waals surface area contributed by atoms with Gasteiger partial charge in [-0.05, 0) is 44.5 Å². The molecule has 1 aromatic rings. The number of alkyl halides is 2. The summed E-state index contributed by atoms with van der Waals surface area (Å²) >= 11 is 0. The van der Waals surface area contributed by atoms with Crippen LogP contribution in [0.5, 0.6) is 5.75 Å². The van der Waals surface area contributed by atoms with Crippen molar-refractivity contribution in [2.45, 2.75) is 32.0 Å². The van der Waals surface area contributed by atoms with Crippen LogP contribution >= 0.6 is 0 Å². The normalized spacial score (nSPS) is 17.3. The quantitative estimate of drug-likeness (QED) is 0.875. The fourth-order valence-electron chi connectivity index (χ4n) is 2.50. The van der Waals surface area contributed by atoms with Crippen LogP contribution in [0.25, 0.3) is 0 Å². The van der Waals surface area contributed by atoms with Crippen molar-refractivity contribution in [2.75, 3.05) is 25.5 Å². The number of methoxy groups -OCH3 is 1. The van der Waals surface area contributed by atoms with E-state index >= 15 is 0 Å². The zero-order valence-corrected chi connectivity index (χ0v) is 12.6. The van der Waals surface area contributed by atoms with E-state index in [-0.39, 0.29) is 11.7 Å². The Kier molecular flexibility index (Phi) is 5.31. The highest BCUT2D eigenvalue weighted by atomic mass is 19.3. The summed E-state index contributed by atoms with van der Waals surface area (Å²) in [4.78, 5) is 12.5. The minimum Gasteiger partial charge on any atom is -0.434 e. The molecule has 1 heterocycles. The van der Waals surface area contributed by atoms with Crippen LogP contribution in [0.15, 0.2) is 18.2 Å². The van der Waals surface area contributed by atoms with Gasteiger partial charge in [0.15, 0.2) is 0 Å². The average molecular weight is 314 g/mol. The van der Waals surface area contributed by atoms with Crippen LogP contribution in [0.4, 0.5) is 14.5 Å². The highest BCUT2D eigenvalue weighted by Crippen LogP contribution is 2.27. The van der Waals surface area contributed by atoms with Crippen LogP contribution < -0.4 is 15.4 Å². The number of nitrogens with one attached hydrogen (secondary N) is 2. The molecule has 1 aromatic carbocycles. The number of carbonyl (C=O) groups is 1.